The lowest BCUT2D eigenvalue weighted by molar-refractivity contribution is 0.337. The van der Waals surface area contributed by atoms with Crippen LogP contribution in [0.2, 0.25) is 0 Å². The summed E-state index contributed by atoms with van der Waals surface area (Å²) in [6.45, 7) is 3.50. The van der Waals surface area contributed by atoms with Crippen molar-refractivity contribution in [3.05, 3.63) is 45.5 Å². The fourth-order valence-corrected chi connectivity index (χ4v) is 2.62. The molecular formula is C18H13F2N5O2. The number of nitrogens with one attached hydrogen (secondary N) is 1. The molecule has 2 heterocycles. The van der Waals surface area contributed by atoms with Crippen LogP contribution < -0.4 is 10.4 Å². The van der Waals surface area contributed by atoms with Crippen molar-refractivity contribution in [2.24, 2.45) is 0 Å². The van der Waals surface area contributed by atoms with Crippen molar-refractivity contribution in [1.29, 1.82) is 5.26 Å². The molecule has 1 aromatic carbocycles. The van der Waals surface area contributed by atoms with Crippen LogP contribution in [0.1, 0.15) is 31.0 Å². The summed E-state index contributed by atoms with van der Waals surface area (Å²) in [7, 11) is 0. The van der Waals surface area contributed by atoms with Crippen LogP contribution in [-0.4, -0.2) is 26.2 Å². The summed E-state index contributed by atoms with van der Waals surface area (Å²) in [6, 6.07) is 3.35. The Bertz CT molecular complexity index is 1160. The number of fused-ring (bicyclic) bond motifs is 1. The van der Waals surface area contributed by atoms with Gasteiger partial charge in [0.1, 0.15) is 23.3 Å². The van der Waals surface area contributed by atoms with Crippen molar-refractivity contribution >= 4 is 5.65 Å². The number of hydrogen-bond acceptors (Lipinski definition) is 5. The van der Waals surface area contributed by atoms with Crippen molar-refractivity contribution in [1.82, 2.24) is 19.6 Å². The smallest absolute Gasteiger partial charge is 0.352 e. The van der Waals surface area contributed by atoms with E-state index in [4.69, 9.17) is 16.4 Å². The van der Waals surface area contributed by atoms with Gasteiger partial charge in [-0.1, -0.05) is 19.8 Å². The number of halogens is 2. The molecule has 136 valence electrons. The molecule has 0 atom stereocenters. The minimum atomic E-state index is -1.02. The van der Waals surface area contributed by atoms with Crippen LogP contribution in [0.5, 0.6) is 6.01 Å². The first-order valence-corrected chi connectivity index (χ1v) is 7.86. The molecule has 0 aliphatic carbocycles. The quantitative estimate of drug-likeness (QED) is 0.712. The molecule has 0 fully saturated rings. The summed E-state index contributed by atoms with van der Waals surface area (Å²) in [5, 5.41) is 13.1. The van der Waals surface area contributed by atoms with E-state index in [1.54, 1.807) is 0 Å². The van der Waals surface area contributed by atoms with E-state index >= 15 is 0 Å². The summed E-state index contributed by atoms with van der Waals surface area (Å²) < 4.78 is 34.4. The number of hydrogen-bond donors (Lipinski definition) is 1. The third kappa shape index (κ3) is 3.11. The zero-order valence-electron chi connectivity index (χ0n) is 14.4. The summed E-state index contributed by atoms with van der Waals surface area (Å²) in [5.74, 6) is 0.0254. The van der Waals surface area contributed by atoms with Crippen LogP contribution in [0.25, 0.3) is 16.8 Å². The Morgan fingerprint density at radius 3 is 2.59 bits per heavy atom. The van der Waals surface area contributed by atoms with Crippen LogP contribution in [0.15, 0.2) is 16.9 Å². The van der Waals surface area contributed by atoms with E-state index in [0.29, 0.717) is 5.69 Å². The van der Waals surface area contributed by atoms with Crippen molar-refractivity contribution in [3.63, 3.8) is 0 Å². The largest absolute Gasteiger partial charge is 0.451 e. The second-order valence-corrected chi connectivity index (χ2v) is 5.92. The number of rotatable bonds is 4. The van der Waals surface area contributed by atoms with Crippen molar-refractivity contribution in [2.75, 3.05) is 6.61 Å². The molecule has 0 bridgehead atoms. The number of nitriles is 1. The maximum atomic E-state index is 14.1. The Balaban J connectivity index is 2.35. The topological polar surface area (TPSA) is 96.1 Å². The first-order chi connectivity index (χ1) is 12.9. The number of aromatic nitrogens is 4. The van der Waals surface area contributed by atoms with Gasteiger partial charge in [0.25, 0.3) is 0 Å². The highest BCUT2D eigenvalue weighted by atomic mass is 19.1. The van der Waals surface area contributed by atoms with E-state index < -0.39 is 22.9 Å². The third-order valence-electron chi connectivity index (χ3n) is 3.78. The van der Waals surface area contributed by atoms with Gasteiger partial charge in [-0.25, -0.2) is 13.6 Å². The normalized spacial score (nSPS) is 10.8. The lowest BCUT2D eigenvalue weighted by Gasteiger charge is -2.07. The second kappa shape index (κ2) is 6.89. The number of terminal acetylenes is 1. The van der Waals surface area contributed by atoms with Gasteiger partial charge < -0.3 is 4.74 Å². The molecular weight excluding hydrogens is 356 g/mol. The predicted octanol–water partition coefficient (Wildman–Crippen LogP) is 2.37. The van der Waals surface area contributed by atoms with E-state index in [9.17, 15) is 13.6 Å². The predicted molar refractivity (Wildman–Crippen MR) is 92.1 cm³/mol. The van der Waals surface area contributed by atoms with E-state index in [0.717, 1.165) is 16.6 Å². The van der Waals surface area contributed by atoms with E-state index in [-0.39, 0.29) is 35.3 Å². The minimum absolute atomic E-state index is 0.0537. The first-order valence-electron chi connectivity index (χ1n) is 7.86. The van der Waals surface area contributed by atoms with Gasteiger partial charge in [0.15, 0.2) is 12.3 Å². The zero-order valence-corrected chi connectivity index (χ0v) is 14.4. The Morgan fingerprint density at radius 2 is 2.04 bits per heavy atom. The third-order valence-corrected chi connectivity index (χ3v) is 3.78. The molecule has 2 aromatic heterocycles. The maximum Gasteiger partial charge on any atom is 0.352 e. The molecule has 27 heavy (non-hydrogen) atoms. The molecule has 0 aliphatic heterocycles. The van der Waals surface area contributed by atoms with E-state index in [1.807, 2.05) is 13.8 Å². The molecule has 3 aromatic rings. The van der Waals surface area contributed by atoms with Gasteiger partial charge in [-0.2, -0.15) is 19.9 Å². The second-order valence-electron chi connectivity index (χ2n) is 5.92. The molecule has 0 unspecified atom stereocenters. The van der Waals surface area contributed by atoms with E-state index in [2.05, 4.69) is 21.0 Å². The summed E-state index contributed by atoms with van der Waals surface area (Å²) in [4.78, 5) is 18.9. The molecule has 0 aliphatic rings. The number of ether oxygens (including phenoxy) is 1. The molecule has 0 amide bonds. The fraction of sp³-hybridized carbons (Fsp3) is 0.222. The average molecular weight is 369 g/mol. The van der Waals surface area contributed by atoms with Crippen LogP contribution in [0.3, 0.4) is 0 Å². The van der Waals surface area contributed by atoms with Gasteiger partial charge in [0.2, 0.25) is 0 Å². The van der Waals surface area contributed by atoms with Crippen LogP contribution in [0.4, 0.5) is 8.78 Å². The van der Waals surface area contributed by atoms with Crippen LogP contribution in [-0.2, 0) is 0 Å². The monoisotopic (exact) mass is 369 g/mol. The molecule has 0 saturated carbocycles. The lowest BCUT2D eigenvalue weighted by atomic mass is 9.98. The Hall–Kier alpha value is -3.72. The molecule has 1 N–H and O–H groups in total. The fourth-order valence-electron chi connectivity index (χ4n) is 2.62. The van der Waals surface area contributed by atoms with Gasteiger partial charge in [-0.3, -0.25) is 4.98 Å². The minimum Gasteiger partial charge on any atom is -0.451 e. The number of H-pyrrole nitrogens is 1. The Labute approximate surface area is 152 Å². The van der Waals surface area contributed by atoms with Crippen LogP contribution in [0, 0.1) is 35.3 Å². The van der Waals surface area contributed by atoms with Crippen molar-refractivity contribution in [3.8, 4) is 35.6 Å². The summed E-state index contributed by atoms with van der Waals surface area (Å²) >= 11 is 0. The highest BCUT2D eigenvalue weighted by molar-refractivity contribution is 5.80. The Morgan fingerprint density at radius 1 is 1.37 bits per heavy atom. The molecule has 3 rings (SSSR count). The van der Waals surface area contributed by atoms with Crippen molar-refractivity contribution < 1.29 is 13.5 Å². The maximum absolute atomic E-state index is 14.1. The van der Waals surface area contributed by atoms with Gasteiger partial charge in [0.05, 0.1) is 11.3 Å². The SMILES string of the molecule is C#CCOc1nc2c(-c3cc(F)c(C#N)c(F)c3)c(C(C)C)nn2c(=O)[nH]1. The van der Waals surface area contributed by atoms with Crippen LogP contribution >= 0.6 is 0 Å². The van der Waals surface area contributed by atoms with Gasteiger partial charge in [-0.05, 0) is 23.6 Å². The van der Waals surface area contributed by atoms with Gasteiger partial charge in [0, 0.05) is 0 Å². The standard InChI is InChI=1S/C18H13F2N5O2/c1-4-5-27-17-22-16-14(10-6-12(19)11(8-21)13(20)7-10)15(9(2)3)24-25(16)18(26)23-17/h1,6-7,9H,5H2,2-3H3,(H,22,23,26). The number of benzene rings is 1. The Kier molecular flexibility index (Phi) is 4.61. The highest BCUT2D eigenvalue weighted by Gasteiger charge is 2.23. The average Bonchev–Trinajstić information content (AvgIpc) is 3.00. The molecule has 9 heteroatoms. The van der Waals surface area contributed by atoms with Crippen molar-refractivity contribution in [2.45, 2.75) is 19.8 Å². The molecule has 0 spiro atoms. The summed E-state index contributed by atoms with van der Waals surface area (Å²) in [6.07, 6.45) is 5.13. The first kappa shape index (κ1) is 18.1. The lowest BCUT2D eigenvalue weighted by Crippen LogP contribution is -2.20. The molecule has 7 nitrogen and oxygen atoms in total. The number of aromatic amines is 1. The number of nitrogens with zero attached hydrogens (tertiary/aromatic N) is 4. The van der Waals surface area contributed by atoms with Gasteiger partial charge in [-0.15, -0.1) is 6.42 Å². The van der Waals surface area contributed by atoms with Gasteiger partial charge >= 0.3 is 11.7 Å². The zero-order chi connectivity index (χ0) is 19.7. The highest BCUT2D eigenvalue weighted by Crippen LogP contribution is 2.33. The van der Waals surface area contributed by atoms with E-state index in [1.165, 1.54) is 6.07 Å². The molecule has 0 radical (unpaired) electrons. The summed E-state index contributed by atoms with van der Waals surface area (Å²) in [5.41, 5.74) is -0.504. The molecule has 0 saturated heterocycles.